The van der Waals surface area contributed by atoms with Crippen molar-refractivity contribution in [2.24, 2.45) is 0 Å². The van der Waals surface area contributed by atoms with E-state index in [4.69, 9.17) is 4.74 Å². The summed E-state index contributed by atoms with van der Waals surface area (Å²) >= 11 is 3.31. The molecule has 6 rings (SSSR count). The van der Waals surface area contributed by atoms with Crippen molar-refractivity contribution in [1.29, 1.82) is 0 Å². The zero-order chi connectivity index (χ0) is 38.9. The third kappa shape index (κ3) is 8.51. The highest BCUT2D eigenvalue weighted by atomic mass is 79.9. The molecule has 1 aliphatic heterocycles. The van der Waals surface area contributed by atoms with E-state index in [9.17, 15) is 23.1 Å². The Kier molecular flexibility index (Phi) is 11.6. The number of carbonyl (C=O) groups excluding carboxylic acids is 1. The Bertz CT molecular complexity index is 2200. The van der Waals surface area contributed by atoms with Crippen molar-refractivity contribution in [3.63, 3.8) is 0 Å². The Morgan fingerprint density at radius 1 is 0.981 bits per heavy atom. The second-order valence-corrected chi connectivity index (χ2v) is 16.0. The molecule has 2 N–H and O–H groups in total. The van der Waals surface area contributed by atoms with E-state index in [0.29, 0.717) is 27.1 Å². The minimum atomic E-state index is -5.03. The summed E-state index contributed by atoms with van der Waals surface area (Å²) in [6.45, 7) is 4.89. The SMILES string of the molecule is CCOc1cc(C(=O)O)ccc1N(Cc1cc(C2CC2)cc(N2CCCC2)c1)C(=O)CS(=O)(=O)Nc1c(F)c(F)c(Cc2cccc(Br)c2C)c(F)c1F. The molecule has 1 saturated carbocycles. The average molecular weight is 833 g/mol. The maximum absolute atomic E-state index is 15.4. The summed E-state index contributed by atoms with van der Waals surface area (Å²) in [5.41, 5.74) is 0.984. The first-order valence-electron chi connectivity index (χ1n) is 17.5. The van der Waals surface area contributed by atoms with Gasteiger partial charge in [0.2, 0.25) is 15.9 Å². The first-order valence-corrected chi connectivity index (χ1v) is 19.9. The van der Waals surface area contributed by atoms with Gasteiger partial charge in [-0.2, -0.15) is 0 Å². The molecule has 15 heteroatoms. The first-order chi connectivity index (χ1) is 25.7. The predicted molar refractivity (Wildman–Crippen MR) is 201 cm³/mol. The number of nitrogens with one attached hydrogen (secondary N) is 1. The number of hydrogen-bond donors (Lipinski definition) is 2. The molecule has 0 bridgehead atoms. The monoisotopic (exact) mass is 831 g/mol. The quantitative estimate of drug-likeness (QED) is 0.0968. The summed E-state index contributed by atoms with van der Waals surface area (Å²) in [6, 6.07) is 14.5. The van der Waals surface area contributed by atoms with Crippen molar-refractivity contribution in [3.05, 3.63) is 116 Å². The highest BCUT2D eigenvalue weighted by molar-refractivity contribution is 9.10. The van der Waals surface area contributed by atoms with E-state index in [0.717, 1.165) is 54.9 Å². The second kappa shape index (κ2) is 16.0. The number of carboxylic acid groups (broad SMARTS) is 1. The third-order valence-corrected chi connectivity index (χ3v) is 11.6. The molecule has 1 heterocycles. The van der Waals surface area contributed by atoms with Gasteiger partial charge in [0, 0.05) is 35.2 Å². The highest BCUT2D eigenvalue weighted by Gasteiger charge is 2.32. The molecule has 0 atom stereocenters. The van der Waals surface area contributed by atoms with Gasteiger partial charge in [0.15, 0.2) is 23.3 Å². The van der Waals surface area contributed by atoms with Gasteiger partial charge in [-0.25, -0.2) is 30.8 Å². The third-order valence-electron chi connectivity index (χ3n) is 9.63. The molecule has 0 unspecified atom stereocenters. The standard InChI is InChI=1S/C39H38BrF4N3O6S/c1-3-53-32-19-26(39(49)50)11-12-31(32)47(20-23-15-27(24-9-10-24)17-28(16-23)46-13-4-5-14-46)33(48)21-54(51,52)45-38-36(43)34(41)29(35(42)37(38)44)18-25-7-6-8-30(40)22(25)2/h6-8,11-12,15-17,19,24,45H,3-5,9-10,13-14,18,20-21H2,1-2H3,(H,49,50). The maximum atomic E-state index is 15.4. The molecule has 0 radical (unpaired) electrons. The first kappa shape index (κ1) is 39.1. The lowest BCUT2D eigenvalue weighted by Crippen LogP contribution is -2.37. The molecule has 1 aliphatic carbocycles. The van der Waals surface area contributed by atoms with Gasteiger partial charge in [0.25, 0.3) is 0 Å². The van der Waals surface area contributed by atoms with Gasteiger partial charge in [0.05, 0.1) is 24.4 Å². The second-order valence-electron chi connectivity index (χ2n) is 13.5. The van der Waals surface area contributed by atoms with Gasteiger partial charge < -0.3 is 19.6 Å². The zero-order valence-corrected chi connectivity index (χ0v) is 31.9. The summed E-state index contributed by atoms with van der Waals surface area (Å²) in [6.07, 6.45) is 3.52. The van der Waals surface area contributed by atoms with E-state index in [2.05, 4.69) is 26.9 Å². The number of sulfonamides is 1. The van der Waals surface area contributed by atoms with Gasteiger partial charge >= 0.3 is 5.97 Å². The molecule has 1 saturated heterocycles. The van der Waals surface area contributed by atoms with Crippen LogP contribution in [-0.2, 0) is 27.8 Å². The van der Waals surface area contributed by atoms with E-state index in [1.165, 1.54) is 24.3 Å². The fraction of sp³-hybridized carbons (Fsp3) is 0.333. The van der Waals surface area contributed by atoms with E-state index < -0.39 is 68.6 Å². The number of aromatic carboxylic acids is 1. The lowest BCUT2D eigenvalue weighted by Gasteiger charge is -2.27. The Labute approximate surface area is 319 Å². The summed E-state index contributed by atoms with van der Waals surface area (Å²) in [5, 5.41) is 9.62. The number of carbonyl (C=O) groups is 2. The van der Waals surface area contributed by atoms with Crippen molar-refractivity contribution in [2.75, 3.05) is 40.0 Å². The Balaban J connectivity index is 1.34. The zero-order valence-electron chi connectivity index (χ0n) is 29.5. The molecule has 1 amide bonds. The van der Waals surface area contributed by atoms with Crippen LogP contribution in [0, 0.1) is 30.2 Å². The Morgan fingerprint density at radius 3 is 2.30 bits per heavy atom. The largest absolute Gasteiger partial charge is 0.492 e. The van der Waals surface area contributed by atoms with E-state index in [-0.39, 0.29) is 30.2 Å². The molecule has 54 heavy (non-hydrogen) atoms. The average Bonchev–Trinajstić information content (AvgIpc) is 3.84. The molecule has 4 aromatic carbocycles. The van der Waals surface area contributed by atoms with Crippen LogP contribution in [-0.4, -0.2) is 50.9 Å². The van der Waals surface area contributed by atoms with Gasteiger partial charge in [-0.3, -0.25) is 9.52 Å². The molecule has 2 fully saturated rings. The smallest absolute Gasteiger partial charge is 0.335 e. The van der Waals surface area contributed by atoms with Crippen LogP contribution in [0.2, 0.25) is 0 Å². The van der Waals surface area contributed by atoms with Crippen LogP contribution >= 0.6 is 15.9 Å². The number of hydrogen-bond acceptors (Lipinski definition) is 6. The molecule has 4 aromatic rings. The number of amides is 1. The van der Waals surface area contributed by atoms with E-state index in [1.807, 2.05) is 12.1 Å². The molecule has 9 nitrogen and oxygen atoms in total. The van der Waals surface area contributed by atoms with Crippen LogP contribution in [0.1, 0.15) is 76.7 Å². The van der Waals surface area contributed by atoms with Gasteiger partial charge in [-0.1, -0.05) is 34.1 Å². The normalized spacial score (nSPS) is 14.3. The fourth-order valence-corrected chi connectivity index (χ4v) is 8.07. The highest BCUT2D eigenvalue weighted by Crippen LogP contribution is 2.42. The minimum Gasteiger partial charge on any atom is -0.492 e. The number of carboxylic acids is 1. The van der Waals surface area contributed by atoms with E-state index >= 15 is 17.6 Å². The Hall–Kier alpha value is -4.63. The van der Waals surface area contributed by atoms with Gasteiger partial charge in [-0.05, 0) is 104 Å². The van der Waals surface area contributed by atoms with Gasteiger partial charge in [-0.15, -0.1) is 0 Å². The van der Waals surface area contributed by atoms with Crippen LogP contribution in [0.15, 0.2) is 59.1 Å². The molecule has 286 valence electrons. The molecular weight excluding hydrogens is 794 g/mol. The number of benzene rings is 4. The van der Waals surface area contributed by atoms with Crippen LogP contribution < -0.4 is 19.3 Å². The molecule has 0 spiro atoms. The van der Waals surface area contributed by atoms with Crippen molar-refractivity contribution < 1.29 is 45.4 Å². The number of halogens is 5. The van der Waals surface area contributed by atoms with Crippen molar-refractivity contribution in [1.82, 2.24) is 0 Å². The summed E-state index contributed by atoms with van der Waals surface area (Å²) in [7, 11) is -5.03. The lowest BCUT2D eigenvalue weighted by atomic mass is 9.99. The van der Waals surface area contributed by atoms with Crippen LogP contribution in [0.4, 0.5) is 34.6 Å². The number of ether oxygens (including phenoxy) is 1. The predicted octanol–water partition coefficient (Wildman–Crippen LogP) is 8.45. The lowest BCUT2D eigenvalue weighted by molar-refractivity contribution is -0.116. The molecule has 2 aliphatic rings. The van der Waals surface area contributed by atoms with Crippen molar-refractivity contribution in [2.45, 2.75) is 58.4 Å². The minimum absolute atomic E-state index is 0.0216. The van der Waals surface area contributed by atoms with Crippen LogP contribution in [0.25, 0.3) is 0 Å². The molecule has 0 aromatic heterocycles. The molecular formula is C39H38BrF4N3O6S. The van der Waals surface area contributed by atoms with Gasteiger partial charge in [0.1, 0.15) is 17.2 Å². The van der Waals surface area contributed by atoms with Crippen molar-refractivity contribution >= 4 is 54.9 Å². The summed E-state index contributed by atoms with van der Waals surface area (Å²) in [5.74, 6) is -11.0. The van der Waals surface area contributed by atoms with E-state index in [1.54, 1.807) is 30.7 Å². The number of nitrogens with zero attached hydrogens (tertiary/aromatic N) is 2. The van der Waals surface area contributed by atoms with Crippen LogP contribution in [0.5, 0.6) is 5.75 Å². The van der Waals surface area contributed by atoms with Crippen LogP contribution in [0.3, 0.4) is 0 Å². The number of anilines is 3. The summed E-state index contributed by atoms with van der Waals surface area (Å²) < 4.78 is 96.3. The van der Waals surface area contributed by atoms with Crippen molar-refractivity contribution in [3.8, 4) is 5.75 Å². The maximum Gasteiger partial charge on any atom is 0.335 e. The number of rotatable bonds is 14. The fourth-order valence-electron chi connectivity index (χ4n) is 6.62. The Morgan fingerprint density at radius 2 is 1.67 bits per heavy atom. The topological polar surface area (TPSA) is 116 Å². The summed E-state index contributed by atoms with van der Waals surface area (Å²) in [4.78, 5) is 29.2.